The number of rotatable bonds is 5. The lowest BCUT2D eigenvalue weighted by atomic mass is 9.91. The molecule has 82 valence electrons. The minimum atomic E-state index is 0.706. The average molecular weight is 206 g/mol. The van der Waals surface area contributed by atoms with Crippen LogP contribution in [-0.4, -0.2) is 34.0 Å². The van der Waals surface area contributed by atoms with Crippen molar-refractivity contribution in [1.29, 1.82) is 0 Å². The number of hydrogen-bond donors (Lipinski definition) is 1. The minimum Gasteiger partial charge on any atom is -0.329 e. The van der Waals surface area contributed by atoms with Crippen molar-refractivity contribution < 1.29 is 0 Å². The SMILES string of the molecule is NCCN(Cc1ncccn1)C1CCC1. The van der Waals surface area contributed by atoms with E-state index in [1.165, 1.54) is 19.3 Å². The Morgan fingerprint density at radius 2 is 2.07 bits per heavy atom. The van der Waals surface area contributed by atoms with E-state index in [1.807, 2.05) is 6.07 Å². The van der Waals surface area contributed by atoms with Gasteiger partial charge < -0.3 is 5.73 Å². The zero-order valence-electron chi connectivity index (χ0n) is 8.97. The summed E-state index contributed by atoms with van der Waals surface area (Å²) in [5.74, 6) is 0.901. The molecule has 2 N–H and O–H groups in total. The van der Waals surface area contributed by atoms with Crippen molar-refractivity contribution in [3.63, 3.8) is 0 Å². The Kier molecular flexibility index (Phi) is 3.64. The first-order chi connectivity index (χ1) is 7.40. The van der Waals surface area contributed by atoms with Crippen molar-refractivity contribution in [1.82, 2.24) is 14.9 Å². The van der Waals surface area contributed by atoms with Crippen molar-refractivity contribution in [3.05, 3.63) is 24.3 Å². The van der Waals surface area contributed by atoms with Crippen LogP contribution in [0.3, 0.4) is 0 Å². The van der Waals surface area contributed by atoms with Crippen LogP contribution >= 0.6 is 0 Å². The van der Waals surface area contributed by atoms with E-state index in [0.29, 0.717) is 12.6 Å². The standard InChI is InChI=1S/C11H18N4/c12-5-8-15(10-3-1-4-10)9-11-13-6-2-7-14-11/h2,6-7,10H,1,3-5,8-9,12H2. The van der Waals surface area contributed by atoms with E-state index < -0.39 is 0 Å². The van der Waals surface area contributed by atoms with E-state index in [4.69, 9.17) is 5.73 Å². The predicted octanol–water partition coefficient (Wildman–Crippen LogP) is 0.790. The molecular weight excluding hydrogens is 188 g/mol. The van der Waals surface area contributed by atoms with Crippen LogP contribution in [0, 0.1) is 0 Å². The summed E-state index contributed by atoms with van der Waals surface area (Å²) in [6.07, 6.45) is 7.54. The monoisotopic (exact) mass is 206 g/mol. The fourth-order valence-electron chi connectivity index (χ4n) is 1.90. The number of nitrogens with zero attached hydrogens (tertiary/aromatic N) is 3. The third kappa shape index (κ3) is 2.73. The lowest BCUT2D eigenvalue weighted by Crippen LogP contribution is -2.42. The van der Waals surface area contributed by atoms with Crippen molar-refractivity contribution in [3.8, 4) is 0 Å². The molecule has 0 aliphatic heterocycles. The average Bonchev–Trinajstić information content (AvgIpc) is 2.17. The number of hydrogen-bond acceptors (Lipinski definition) is 4. The number of aromatic nitrogens is 2. The normalized spacial score (nSPS) is 16.7. The highest BCUT2D eigenvalue weighted by molar-refractivity contribution is 4.91. The topological polar surface area (TPSA) is 55.0 Å². The van der Waals surface area contributed by atoms with Gasteiger partial charge in [-0.2, -0.15) is 0 Å². The maximum atomic E-state index is 5.62. The van der Waals surface area contributed by atoms with E-state index in [1.54, 1.807) is 12.4 Å². The molecule has 1 aromatic heterocycles. The largest absolute Gasteiger partial charge is 0.329 e. The van der Waals surface area contributed by atoms with Gasteiger partial charge in [0.25, 0.3) is 0 Å². The minimum absolute atomic E-state index is 0.706. The Morgan fingerprint density at radius 3 is 2.60 bits per heavy atom. The van der Waals surface area contributed by atoms with Gasteiger partial charge in [0.1, 0.15) is 5.82 Å². The summed E-state index contributed by atoms with van der Waals surface area (Å²) in [4.78, 5) is 10.9. The second-order valence-corrected chi connectivity index (χ2v) is 4.01. The van der Waals surface area contributed by atoms with Crippen LogP contribution in [0.25, 0.3) is 0 Å². The van der Waals surface area contributed by atoms with Crippen molar-refractivity contribution in [2.24, 2.45) is 5.73 Å². The van der Waals surface area contributed by atoms with Crippen LogP contribution in [0.5, 0.6) is 0 Å². The molecule has 1 aliphatic rings. The Hall–Kier alpha value is -1.00. The predicted molar refractivity (Wildman–Crippen MR) is 59.1 cm³/mol. The van der Waals surface area contributed by atoms with Crippen molar-refractivity contribution in [2.45, 2.75) is 31.8 Å². The summed E-state index contributed by atoms with van der Waals surface area (Å²) in [5.41, 5.74) is 5.62. The molecule has 4 nitrogen and oxygen atoms in total. The zero-order valence-corrected chi connectivity index (χ0v) is 8.97. The van der Waals surface area contributed by atoms with Gasteiger partial charge in [0.05, 0.1) is 6.54 Å². The second-order valence-electron chi connectivity index (χ2n) is 4.01. The van der Waals surface area contributed by atoms with E-state index >= 15 is 0 Å². The summed E-state index contributed by atoms with van der Waals surface area (Å²) in [6, 6.07) is 2.55. The van der Waals surface area contributed by atoms with Crippen molar-refractivity contribution >= 4 is 0 Å². The Bertz CT molecular complexity index is 284. The van der Waals surface area contributed by atoms with Crippen LogP contribution in [0.2, 0.25) is 0 Å². The highest BCUT2D eigenvalue weighted by atomic mass is 15.2. The fourth-order valence-corrected chi connectivity index (χ4v) is 1.90. The second kappa shape index (κ2) is 5.19. The molecule has 1 fully saturated rings. The molecule has 2 rings (SSSR count). The highest BCUT2D eigenvalue weighted by Crippen LogP contribution is 2.25. The van der Waals surface area contributed by atoms with Gasteiger partial charge in [-0.1, -0.05) is 6.42 Å². The lowest BCUT2D eigenvalue weighted by molar-refractivity contribution is 0.120. The molecule has 1 aromatic rings. The van der Waals surface area contributed by atoms with E-state index in [9.17, 15) is 0 Å². The maximum absolute atomic E-state index is 5.62. The molecule has 0 aromatic carbocycles. The van der Waals surface area contributed by atoms with Gasteiger partial charge in [0.15, 0.2) is 0 Å². The fraction of sp³-hybridized carbons (Fsp3) is 0.636. The van der Waals surface area contributed by atoms with Gasteiger partial charge >= 0.3 is 0 Å². The van der Waals surface area contributed by atoms with Gasteiger partial charge in [-0.15, -0.1) is 0 Å². The smallest absolute Gasteiger partial charge is 0.142 e. The third-order valence-corrected chi connectivity index (χ3v) is 2.97. The first-order valence-electron chi connectivity index (χ1n) is 5.60. The summed E-state index contributed by atoms with van der Waals surface area (Å²) in [5, 5.41) is 0. The van der Waals surface area contributed by atoms with Crippen LogP contribution in [0.15, 0.2) is 18.5 Å². The Labute approximate surface area is 90.5 Å². The molecule has 15 heavy (non-hydrogen) atoms. The zero-order chi connectivity index (χ0) is 10.5. The lowest BCUT2D eigenvalue weighted by Gasteiger charge is -2.36. The molecule has 0 spiro atoms. The summed E-state index contributed by atoms with van der Waals surface area (Å²) in [6.45, 7) is 2.50. The van der Waals surface area contributed by atoms with Crippen LogP contribution in [0.1, 0.15) is 25.1 Å². The highest BCUT2D eigenvalue weighted by Gasteiger charge is 2.24. The van der Waals surface area contributed by atoms with Crippen LogP contribution in [-0.2, 0) is 6.54 Å². The van der Waals surface area contributed by atoms with Crippen LogP contribution in [0.4, 0.5) is 0 Å². The summed E-state index contributed by atoms with van der Waals surface area (Å²) < 4.78 is 0. The molecule has 1 aliphatic carbocycles. The first kappa shape index (κ1) is 10.5. The van der Waals surface area contributed by atoms with E-state index in [2.05, 4.69) is 14.9 Å². The molecule has 0 bridgehead atoms. The van der Waals surface area contributed by atoms with Crippen LogP contribution < -0.4 is 5.73 Å². The maximum Gasteiger partial charge on any atom is 0.142 e. The van der Waals surface area contributed by atoms with Gasteiger partial charge in [0, 0.05) is 31.5 Å². The molecule has 1 heterocycles. The van der Waals surface area contributed by atoms with E-state index in [-0.39, 0.29) is 0 Å². The Balaban J connectivity index is 1.93. The first-order valence-corrected chi connectivity index (χ1v) is 5.60. The molecule has 1 saturated carbocycles. The quantitative estimate of drug-likeness (QED) is 0.774. The van der Waals surface area contributed by atoms with Gasteiger partial charge in [-0.3, -0.25) is 4.90 Å². The van der Waals surface area contributed by atoms with Gasteiger partial charge in [0.2, 0.25) is 0 Å². The molecule has 4 heteroatoms. The summed E-state index contributed by atoms with van der Waals surface area (Å²) >= 11 is 0. The van der Waals surface area contributed by atoms with Gasteiger partial charge in [-0.05, 0) is 18.9 Å². The Morgan fingerprint density at radius 1 is 1.33 bits per heavy atom. The summed E-state index contributed by atoms with van der Waals surface area (Å²) in [7, 11) is 0. The molecule has 0 amide bonds. The molecule has 0 atom stereocenters. The molecular formula is C11H18N4. The molecule has 0 unspecified atom stereocenters. The van der Waals surface area contributed by atoms with E-state index in [0.717, 1.165) is 18.9 Å². The van der Waals surface area contributed by atoms with Gasteiger partial charge in [-0.25, -0.2) is 9.97 Å². The molecule has 0 radical (unpaired) electrons. The third-order valence-electron chi connectivity index (χ3n) is 2.97. The molecule has 0 saturated heterocycles. The number of nitrogens with two attached hydrogens (primary N) is 1. The van der Waals surface area contributed by atoms with Crippen molar-refractivity contribution in [2.75, 3.05) is 13.1 Å².